The molecule has 1 aliphatic rings. The Balaban J connectivity index is 1.92. The number of anilines is 1. The third kappa shape index (κ3) is 5.17. The number of nitrogens with one attached hydrogen (secondary N) is 1. The average molecular weight is 375 g/mol. The number of halogens is 4. The lowest BCUT2D eigenvalue weighted by molar-refractivity contribution is -0.141. The van der Waals surface area contributed by atoms with Crippen LogP contribution in [0.4, 0.5) is 23.2 Å². The molecule has 0 aliphatic carbocycles. The first kappa shape index (κ1) is 20.2. The highest BCUT2D eigenvalue weighted by Crippen LogP contribution is 2.23. The zero-order chi connectivity index (χ0) is 19.5. The second-order valence-corrected chi connectivity index (χ2v) is 6.25. The Hall–Kier alpha value is -2.16. The van der Waals surface area contributed by atoms with Gasteiger partial charge in [-0.3, -0.25) is 14.5 Å². The van der Waals surface area contributed by atoms with Crippen molar-refractivity contribution in [1.29, 1.82) is 0 Å². The summed E-state index contributed by atoms with van der Waals surface area (Å²) in [5, 5.41) is 1.88. The van der Waals surface area contributed by atoms with Gasteiger partial charge in [-0.05, 0) is 32.0 Å². The summed E-state index contributed by atoms with van der Waals surface area (Å²) in [5.41, 5.74) is 0.656. The van der Waals surface area contributed by atoms with E-state index < -0.39 is 30.5 Å². The van der Waals surface area contributed by atoms with Crippen LogP contribution in [0.15, 0.2) is 18.2 Å². The van der Waals surface area contributed by atoms with Crippen LogP contribution in [0.25, 0.3) is 0 Å². The van der Waals surface area contributed by atoms with Crippen molar-refractivity contribution in [3.05, 3.63) is 29.6 Å². The van der Waals surface area contributed by atoms with Crippen molar-refractivity contribution in [2.24, 2.45) is 0 Å². The maximum absolute atomic E-state index is 14.2. The number of nitrogens with zero attached hydrogens (tertiary/aromatic N) is 2. The van der Waals surface area contributed by atoms with Gasteiger partial charge in [0.05, 0.1) is 11.7 Å². The number of amides is 1. The highest BCUT2D eigenvalue weighted by molar-refractivity contribution is 5.94. The van der Waals surface area contributed by atoms with Gasteiger partial charge >= 0.3 is 6.18 Å². The molecule has 1 aliphatic heterocycles. The van der Waals surface area contributed by atoms with E-state index in [2.05, 4.69) is 0 Å². The van der Waals surface area contributed by atoms with E-state index in [9.17, 15) is 27.2 Å². The number of hydrogen-bond acceptors (Lipinski definition) is 4. The summed E-state index contributed by atoms with van der Waals surface area (Å²) < 4.78 is 50.8. The van der Waals surface area contributed by atoms with Crippen molar-refractivity contribution in [1.82, 2.24) is 10.2 Å². The van der Waals surface area contributed by atoms with E-state index in [-0.39, 0.29) is 5.78 Å². The minimum Gasteiger partial charge on any atom is -0.367 e. The molecule has 0 saturated carbocycles. The van der Waals surface area contributed by atoms with Crippen LogP contribution < -0.4 is 10.2 Å². The second kappa shape index (κ2) is 8.03. The van der Waals surface area contributed by atoms with Crippen LogP contribution in [0.1, 0.15) is 24.2 Å². The molecule has 0 spiro atoms. The zero-order valence-corrected chi connectivity index (χ0v) is 14.6. The van der Waals surface area contributed by atoms with Crippen molar-refractivity contribution >= 4 is 17.4 Å². The number of hydrogen-bond donors (Lipinski definition) is 1. The lowest BCUT2D eigenvalue weighted by Gasteiger charge is -2.38. The highest BCUT2D eigenvalue weighted by atomic mass is 19.4. The third-order valence-corrected chi connectivity index (χ3v) is 4.40. The smallest absolute Gasteiger partial charge is 0.367 e. The van der Waals surface area contributed by atoms with Crippen LogP contribution in [-0.2, 0) is 4.79 Å². The molecule has 0 bridgehead atoms. The van der Waals surface area contributed by atoms with Crippen molar-refractivity contribution in [3.8, 4) is 0 Å². The normalized spacial score (nSPS) is 17.1. The minimum absolute atomic E-state index is 0.223. The predicted molar refractivity (Wildman–Crippen MR) is 88.7 cm³/mol. The Morgan fingerprint density at radius 1 is 1.19 bits per heavy atom. The molecule has 144 valence electrons. The fourth-order valence-corrected chi connectivity index (χ4v) is 2.83. The Morgan fingerprint density at radius 2 is 1.81 bits per heavy atom. The lowest BCUT2D eigenvalue weighted by Crippen LogP contribution is -2.54. The van der Waals surface area contributed by atoms with Crippen molar-refractivity contribution in [2.45, 2.75) is 26.1 Å². The Morgan fingerprint density at radius 3 is 2.31 bits per heavy atom. The molecule has 5 nitrogen and oxygen atoms in total. The number of alkyl halides is 3. The number of carbonyl (C=O) groups excluding carboxylic acids is 2. The van der Waals surface area contributed by atoms with Crippen molar-refractivity contribution in [2.75, 3.05) is 37.6 Å². The van der Waals surface area contributed by atoms with Gasteiger partial charge in [0, 0.05) is 31.7 Å². The van der Waals surface area contributed by atoms with Gasteiger partial charge in [-0.1, -0.05) is 0 Å². The van der Waals surface area contributed by atoms with Gasteiger partial charge < -0.3 is 10.2 Å². The summed E-state index contributed by atoms with van der Waals surface area (Å²) in [6.45, 7) is 3.22. The van der Waals surface area contributed by atoms with E-state index in [0.29, 0.717) is 37.4 Å². The van der Waals surface area contributed by atoms with Crippen LogP contribution in [0.5, 0.6) is 0 Å². The van der Waals surface area contributed by atoms with E-state index in [1.807, 2.05) is 5.32 Å². The largest absolute Gasteiger partial charge is 0.405 e. The second-order valence-electron chi connectivity index (χ2n) is 6.25. The molecule has 1 amide bonds. The number of carbonyl (C=O) groups is 2. The monoisotopic (exact) mass is 375 g/mol. The lowest BCUT2D eigenvalue weighted by atomic mass is 10.1. The first-order valence-corrected chi connectivity index (χ1v) is 8.22. The third-order valence-electron chi connectivity index (χ3n) is 4.40. The van der Waals surface area contributed by atoms with Gasteiger partial charge in [0.1, 0.15) is 12.4 Å². The summed E-state index contributed by atoms with van der Waals surface area (Å²) in [4.78, 5) is 26.7. The average Bonchev–Trinajstić information content (AvgIpc) is 2.58. The summed E-state index contributed by atoms with van der Waals surface area (Å²) in [6.07, 6.45) is -4.45. The molecule has 1 fully saturated rings. The molecule has 1 N–H and O–H groups in total. The molecule has 1 saturated heterocycles. The van der Waals surface area contributed by atoms with Gasteiger partial charge in [-0.2, -0.15) is 13.2 Å². The van der Waals surface area contributed by atoms with E-state index in [4.69, 9.17) is 0 Å². The number of rotatable bonds is 5. The summed E-state index contributed by atoms with van der Waals surface area (Å²) in [6, 6.07) is 3.59. The van der Waals surface area contributed by atoms with Crippen LogP contribution in [-0.4, -0.2) is 61.5 Å². The van der Waals surface area contributed by atoms with Gasteiger partial charge in [0.15, 0.2) is 5.78 Å². The van der Waals surface area contributed by atoms with Crippen LogP contribution in [0.2, 0.25) is 0 Å². The number of Topliss-reactive ketones (excluding diaryl/α,β-unsaturated/α-hetero) is 1. The van der Waals surface area contributed by atoms with Gasteiger partial charge in [-0.15, -0.1) is 0 Å². The molecule has 1 aromatic carbocycles. The zero-order valence-electron chi connectivity index (χ0n) is 14.6. The molecule has 1 unspecified atom stereocenters. The first-order chi connectivity index (χ1) is 12.1. The molecule has 0 aromatic heterocycles. The van der Waals surface area contributed by atoms with Gasteiger partial charge in [-0.25, -0.2) is 4.39 Å². The summed E-state index contributed by atoms with van der Waals surface area (Å²) in [5.74, 6) is -1.41. The molecule has 1 heterocycles. The van der Waals surface area contributed by atoms with E-state index in [1.165, 1.54) is 13.0 Å². The van der Waals surface area contributed by atoms with Crippen molar-refractivity contribution < 1.29 is 27.2 Å². The molecule has 0 radical (unpaired) electrons. The van der Waals surface area contributed by atoms with E-state index in [1.54, 1.807) is 28.9 Å². The van der Waals surface area contributed by atoms with Gasteiger partial charge in [0.25, 0.3) is 0 Å². The standard InChI is InChI=1S/C17H21F4N3O2/c1-11(16(26)22-10-17(19,20)21)23-5-7-24(8-6-23)15-4-3-13(12(2)25)9-14(15)18/h3-4,9,11H,5-8,10H2,1-2H3,(H,22,26). The maximum atomic E-state index is 14.2. The van der Waals surface area contributed by atoms with Crippen LogP contribution >= 0.6 is 0 Å². The Bertz CT molecular complexity index is 670. The fourth-order valence-electron chi connectivity index (χ4n) is 2.83. The van der Waals surface area contributed by atoms with Crippen LogP contribution in [0.3, 0.4) is 0 Å². The summed E-state index contributed by atoms with van der Waals surface area (Å²) >= 11 is 0. The fraction of sp³-hybridized carbons (Fsp3) is 0.529. The molecular formula is C17H21F4N3O2. The molecule has 26 heavy (non-hydrogen) atoms. The minimum atomic E-state index is -4.45. The first-order valence-electron chi connectivity index (χ1n) is 8.22. The van der Waals surface area contributed by atoms with Crippen molar-refractivity contribution in [3.63, 3.8) is 0 Å². The number of ketones is 1. The molecule has 1 aromatic rings. The van der Waals surface area contributed by atoms with E-state index in [0.717, 1.165) is 0 Å². The van der Waals surface area contributed by atoms with E-state index >= 15 is 0 Å². The molecular weight excluding hydrogens is 354 g/mol. The SMILES string of the molecule is CC(=O)c1ccc(N2CCN(C(C)C(=O)NCC(F)(F)F)CC2)c(F)c1. The molecule has 9 heteroatoms. The Kier molecular flexibility index (Phi) is 6.22. The Labute approximate surface area is 148 Å². The quantitative estimate of drug-likeness (QED) is 0.633. The molecule has 2 rings (SSSR count). The maximum Gasteiger partial charge on any atom is 0.405 e. The number of benzene rings is 1. The highest BCUT2D eigenvalue weighted by Gasteiger charge is 2.31. The topological polar surface area (TPSA) is 52.7 Å². The van der Waals surface area contributed by atoms with Crippen LogP contribution in [0, 0.1) is 5.82 Å². The molecule has 1 atom stereocenters. The van der Waals surface area contributed by atoms with Gasteiger partial charge in [0.2, 0.25) is 5.91 Å². The number of piperazine rings is 1. The summed E-state index contributed by atoms with van der Waals surface area (Å²) in [7, 11) is 0. The predicted octanol–water partition coefficient (Wildman–Crippen LogP) is 2.22.